The van der Waals surface area contributed by atoms with Crippen LogP contribution in [0.25, 0.3) is 0 Å². The maximum absolute atomic E-state index is 12.1. The van der Waals surface area contributed by atoms with Gasteiger partial charge in [0.15, 0.2) is 0 Å². The van der Waals surface area contributed by atoms with Crippen LogP contribution in [-0.2, 0) is 0 Å². The molecule has 0 radical (unpaired) electrons. The number of amides is 1. The van der Waals surface area contributed by atoms with E-state index in [0.29, 0.717) is 17.2 Å². The van der Waals surface area contributed by atoms with Crippen molar-refractivity contribution < 1.29 is 9.53 Å². The fraction of sp³-hybridized carbons (Fsp3) is 0.583. The molecule has 0 saturated carbocycles. The minimum atomic E-state index is -0.297. The highest BCUT2D eigenvalue weighted by Gasteiger charge is 2.27. The standard InChI is InChI=1S/C12H20N2O2S/c1-4-12(5-2,8-13)14-11(15)10-6-9(16-3)7-17-10/h6-7H,4-5,8,13H2,1-3H3,(H,14,15). The highest BCUT2D eigenvalue weighted by atomic mass is 32.1. The lowest BCUT2D eigenvalue weighted by atomic mass is 9.93. The molecule has 1 heterocycles. The van der Waals surface area contributed by atoms with Crippen LogP contribution < -0.4 is 15.8 Å². The molecule has 1 amide bonds. The van der Waals surface area contributed by atoms with Gasteiger partial charge in [-0.05, 0) is 12.8 Å². The number of ether oxygens (including phenoxy) is 1. The summed E-state index contributed by atoms with van der Waals surface area (Å²) in [5, 5.41) is 4.84. The van der Waals surface area contributed by atoms with Crippen LogP contribution in [0, 0.1) is 0 Å². The summed E-state index contributed by atoms with van der Waals surface area (Å²) in [5.41, 5.74) is 5.45. The van der Waals surface area contributed by atoms with Crippen LogP contribution in [0.2, 0.25) is 0 Å². The number of rotatable bonds is 6. The van der Waals surface area contributed by atoms with Crippen molar-refractivity contribution in [1.29, 1.82) is 0 Å². The average Bonchev–Trinajstić information content (AvgIpc) is 2.85. The minimum Gasteiger partial charge on any atom is -0.496 e. The second-order valence-corrected chi connectivity index (χ2v) is 4.91. The molecule has 0 spiro atoms. The zero-order chi connectivity index (χ0) is 12.9. The summed E-state index contributed by atoms with van der Waals surface area (Å²) >= 11 is 1.38. The Morgan fingerprint density at radius 2 is 2.18 bits per heavy atom. The molecule has 0 fully saturated rings. The Balaban J connectivity index is 2.77. The van der Waals surface area contributed by atoms with Crippen molar-refractivity contribution in [2.24, 2.45) is 5.73 Å². The van der Waals surface area contributed by atoms with Gasteiger partial charge in [0.05, 0.1) is 17.5 Å². The Morgan fingerprint density at radius 1 is 1.53 bits per heavy atom. The zero-order valence-electron chi connectivity index (χ0n) is 10.6. The molecule has 1 rings (SSSR count). The summed E-state index contributed by atoms with van der Waals surface area (Å²) in [6.07, 6.45) is 1.66. The van der Waals surface area contributed by atoms with E-state index in [1.807, 2.05) is 19.2 Å². The van der Waals surface area contributed by atoms with Crippen molar-refractivity contribution in [3.63, 3.8) is 0 Å². The third kappa shape index (κ3) is 3.20. The molecule has 0 aliphatic carbocycles. The summed E-state index contributed by atoms with van der Waals surface area (Å²) in [7, 11) is 1.59. The lowest BCUT2D eigenvalue weighted by molar-refractivity contribution is 0.0899. The number of methoxy groups -OCH3 is 1. The Morgan fingerprint density at radius 3 is 2.59 bits per heavy atom. The molecule has 0 aliphatic heterocycles. The number of thiophene rings is 1. The van der Waals surface area contributed by atoms with E-state index in [9.17, 15) is 4.79 Å². The van der Waals surface area contributed by atoms with Gasteiger partial charge in [-0.25, -0.2) is 0 Å². The van der Waals surface area contributed by atoms with E-state index in [0.717, 1.165) is 12.8 Å². The van der Waals surface area contributed by atoms with Crippen LogP contribution >= 0.6 is 11.3 Å². The van der Waals surface area contributed by atoms with Gasteiger partial charge >= 0.3 is 0 Å². The Hall–Kier alpha value is -1.07. The SMILES string of the molecule is CCC(CC)(CN)NC(=O)c1cc(OC)cs1. The summed E-state index contributed by atoms with van der Waals surface area (Å²) in [6, 6.07) is 1.74. The molecule has 0 saturated heterocycles. The largest absolute Gasteiger partial charge is 0.496 e. The Bertz CT molecular complexity index is 364. The first kappa shape index (κ1) is 14.0. The van der Waals surface area contributed by atoms with Crippen LogP contribution in [0.4, 0.5) is 0 Å². The summed E-state index contributed by atoms with van der Waals surface area (Å²) in [5.74, 6) is 0.638. The fourth-order valence-corrected chi connectivity index (χ4v) is 2.36. The van der Waals surface area contributed by atoms with E-state index in [4.69, 9.17) is 10.5 Å². The van der Waals surface area contributed by atoms with Gasteiger partial charge in [-0.2, -0.15) is 0 Å². The van der Waals surface area contributed by atoms with E-state index in [-0.39, 0.29) is 11.4 Å². The summed E-state index contributed by atoms with van der Waals surface area (Å²) < 4.78 is 5.06. The van der Waals surface area contributed by atoms with Crippen LogP contribution in [-0.4, -0.2) is 25.1 Å². The first-order chi connectivity index (χ1) is 8.10. The molecule has 1 aromatic rings. The number of carbonyl (C=O) groups is 1. The predicted octanol–water partition coefficient (Wildman–Crippen LogP) is 2.00. The van der Waals surface area contributed by atoms with E-state index in [2.05, 4.69) is 5.32 Å². The minimum absolute atomic E-state index is 0.0764. The fourth-order valence-electron chi connectivity index (χ4n) is 1.61. The highest BCUT2D eigenvalue weighted by molar-refractivity contribution is 7.12. The topological polar surface area (TPSA) is 64.3 Å². The van der Waals surface area contributed by atoms with Gasteiger partial charge in [0.1, 0.15) is 5.75 Å². The number of hydrogen-bond acceptors (Lipinski definition) is 4. The maximum atomic E-state index is 12.1. The molecular formula is C12H20N2O2S. The third-order valence-corrected chi connectivity index (χ3v) is 4.07. The van der Waals surface area contributed by atoms with Crippen molar-refractivity contribution in [2.45, 2.75) is 32.2 Å². The van der Waals surface area contributed by atoms with Gasteiger partial charge in [0, 0.05) is 18.0 Å². The quantitative estimate of drug-likeness (QED) is 0.818. The van der Waals surface area contributed by atoms with Crippen molar-refractivity contribution in [2.75, 3.05) is 13.7 Å². The average molecular weight is 256 g/mol. The smallest absolute Gasteiger partial charge is 0.261 e. The van der Waals surface area contributed by atoms with Gasteiger partial charge < -0.3 is 15.8 Å². The normalized spacial score (nSPS) is 11.3. The van der Waals surface area contributed by atoms with Crippen molar-refractivity contribution in [1.82, 2.24) is 5.32 Å². The van der Waals surface area contributed by atoms with E-state index < -0.39 is 0 Å². The van der Waals surface area contributed by atoms with Crippen molar-refractivity contribution >= 4 is 17.2 Å². The third-order valence-electron chi connectivity index (χ3n) is 3.16. The molecule has 0 aromatic carbocycles. The molecule has 3 N–H and O–H groups in total. The van der Waals surface area contributed by atoms with Crippen LogP contribution in [0.5, 0.6) is 5.75 Å². The number of carbonyl (C=O) groups excluding carboxylic acids is 1. The Kier molecular flexibility index (Phi) is 4.96. The molecule has 96 valence electrons. The first-order valence-corrected chi connectivity index (χ1v) is 6.64. The molecule has 1 aromatic heterocycles. The van der Waals surface area contributed by atoms with Gasteiger partial charge in [-0.15, -0.1) is 11.3 Å². The number of hydrogen-bond donors (Lipinski definition) is 2. The van der Waals surface area contributed by atoms with E-state index >= 15 is 0 Å². The van der Waals surface area contributed by atoms with Crippen LogP contribution in [0.15, 0.2) is 11.4 Å². The van der Waals surface area contributed by atoms with Gasteiger partial charge in [-0.3, -0.25) is 4.79 Å². The van der Waals surface area contributed by atoms with Gasteiger partial charge in [-0.1, -0.05) is 13.8 Å². The highest BCUT2D eigenvalue weighted by Crippen LogP contribution is 2.22. The molecular weight excluding hydrogens is 236 g/mol. The molecule has 0 bridgehead atoms. The number of nitrogens with one attached hydrogen (secondary N) is 1. The van der Waals surface area contributed by atoms with Gasteiger partial charge in [0.25, 0.3) is 5.91 Å². The molecule has 17 heavy (non-hydrogen) atoms. The van der Waals surface area contributed by atoms with E-state index in [1.165, 1.54) is 11.3 Å². The predicted molar refractivity (Wildman–Crippen MR) is 70.7 cm³/mol. The van der Waals surface area contributed by atoms with Crippen LogP contribution in [0.3, 0.4) is 0 Å². The zero-order valence-corrected chi connectivity index (χ0v) is 11.4. The maximum Gasteiger partial charge on any atom is 0.261 e. The molecule has 0 atom stereocenters. The number of nitrogens with two attached hydrogens (primary N) is 1. The monoisotopic (exact) mass is 256 g/mol. The lowest BCUT2D eigenvalue weighted by Crippen LogP contribution is -2.52. The van der Waals surface area contributed by atoms with E-state index in [1.54, 1.807) is 13.2 Å². The molecule has 5 heteroatoms. The van der Waals surface area contributed by atoms with Crippen molar-refractivity contribution in [3.8, 4) is 5.75 Å². The lowest BCUT2D eigenvalue weighted by Gasteiger charge is -2.31. The molecule has 4 nitrogen and oxygen atoms in total. The first-order valence-electron chi connectivity index (χ1n) is 5.76. The second-order valence-electron chi connectivity index (χ2n) is 4.00. The molecule has 0 aliphatic rings. The summed E-state index contributed by atoms with van der Waals surface area (Å²) in [4.78, 5) is 12.7. The second kappa shape index (κ2) is 6.02. The summed E-state index contributed by atoms with van der Waals surface area (Å²) in [6.45, 7) is 4.52. The van der Waals surface area contributed by atoms with Gasteiger partial charge in [0.2, 0.25) is 0 Å². The molecule has 0 unspecified atom stereocenters. The Labute approximate surface area is 106 Å². The van der Waals surface area contributed by atoms with Crippen LogP contribution in [0.1, 0.15) is 36.4 Å². The van der Waals surface area contributed by atoms with Crippen molar-refractivity contribution in [3.05, 3.63) is 16.3 Å².